The number of hydrogen-bond acceptors (Lipinski definition) is 5. The van der Waals surface area contributed by atoms with Crippen LogP contribution in [-0.4, -0.2) is 11.9 Å². The van der Waals surface area contributed by atoms with Crippen molar-refractivity contribution in [1.29, 1.82) is 0 Å². The summed E-state index contributed by atoms with van der Waals surface area (Å²) in [5.74, 6) is -0.864. The number of benzene rings is 6. The number of anilines is 3. The van der Waals surface area contributed by atoms with Crippen molar-refractivity contribution in [2.75, 3.05) is 4.90 Å². The minimum atomic E-state index is -0.455. The van der Waals surface area contributed by atoms with E-state index in [0.717, 1.165) is 39.7 Å². The van der Waals surface area contributed by atoms with Gasteiger partial charge in [-0.1, -0.05) is 86.0 Å². The predicted octanol–water partition coefficient (Wildman–Crippen LogP) is 8.90. The predicted molar refractivity (Wildman–Crippen MR) is 169 cm³/mol. The standard InChI is InChI=1S/C37H29NO4/c1-4-34(39)41-22-25-8-16-30(17-9-25)38(31-18-10-26(11-19-31)23-42-37(40)24(2)3)33-21-15-29-13-12-27-6-5-7-28-14-20-32(33)36(29)35(27)28/h4-21H,1-2,22-23H2,3H3. The molecule has 0 fully saturated rings. The molecule has 0 amide bonds. The lowest BCUT2D eigenvalue weighted by atomic mass is 9.93. The van der Waals surface area contributed by atoms with Crippen molar-refractivity contribution in [2.45, 2.75) is 20.1 Å². The summed E-state index contributed by atoms with van der Waals surface area (Å²) in [5.41, 5.74) is 5.06. The van der Waals surface area contributed by atoms with Crippen LogP contribution in [0.25, 0.3) is 32.3 Å². The van der Waals surface area contributed by atoms with Crippen LogP contribution >= 0.6 is 0 Å². The van der Waals surface area contributed by atoms with Crippen molar-refractivity contribution in [3.63, 3.8) is 0 Å². The zero-order valence-corrected chi connectivity index (χ0v) is 23.3. The number of carbonyl (C=O) groups excluding carboxylic acids is 2. The van der Waals surface area contributed by atoms with Gasteiger partial charge in [0.1, 0.15) is 13.2 Å². The molecule has 0 aromatic heterocycles. The van der Waals surface area contributed by atoms with Gasteiger partial charge in [-0.05, 0) is 75.3 Å². The summed E-state index contributed by atoms with van der Waals surface area (Å²) in [7, 11) is 0. The molecule has 0 unspecified atom stereocenters. The Balaban J connectivity index is 1.45. The Morgan fingerprint density at radius 3 is 1.79 bits per heavy atom. The van der Waals surface area contributed by atoms with E-state index < -0.39 is 11.9 Å². The van der Waals surface area contributed by atoms with Crippen LogP contribution in [0, 0.1) is 0 Å². The second-order valence-corrected chi connectivity index (χ2v) is 10.3. The Hall–Kier alpha value is -5.42. The molecule has 0 radical (unpaired) electrons. The van der Waals surface area contributed by atoms with E-state index in [1.807, 2.05) is 48.5 Å². The molecule has 0 bridgehead atoms. The molecule has 0 spiro atoms. The van der Waals surface area contributed by atoms with Gasteiger partial charge >= 0.3 is 11.9 Å². The quantitative estimate of drug-likeness (QED) is 0.102. The largest absolute Gasteiger partial charge is 0.458 e. The number of carbonyl (C=O) groups is 2. The van der Waals surface area contributed by atoms with E-state index in [4.69, 9.17) is 9.47 Å². The van der Waals surface area contributed by atoms with Crippen LogP contribution in [0.1, 0.15) is 18.1 Å². The number of esters is 2. The van der Waals surface area contributed by atoms with Crippen LogP contribution in [-0.2, 0) is 32.3 Å². The maximum atomic E-state index is 11.9. The van der Waals surface area contributed by atoms with Crippen LogP contribution in [0.2, 0.25) is 0 Å². The molecule has 6 aromatic rings. The molecule has 0 saturated carbocycles. The maximum Gasteiger partial charge on any atom is 0.333 e. The maximum absolute atomic E-state index is 11.9. The van der Waals surface area contributed by atoms with E-state index in [1.54, 1.807) is 6.92 Å². The van der Waals surface area contributed by atoms with Crippen molar-refractivity contribution >= 4 is 61.3 Å². The fourth-order valence-corrected chi connectivity index (χ4v) is 5.31. The van der Waals surface area contributed by atoms with Gasteiger partial charge in [-0.2, -0.15) is 0 Å². The SMILES string of the molecule is C=CC(=O)OCc1ccc(N(c2ccc(COC(=O)C(=C)C)cc2)c2ccc3ccc4cccc5ccc2c3c45)cc1. The first-order valence-electron chi connectivity index (χ1n) is 13.7. The highest BCUT2D eigenvalue weighted by Crippen LogP contribution is 2.43. The van der Waals surface area contributed by atoms with Gasteiger partial charge in [0.05, 0.1) is 5.69 Å². The fraction of sp³-hybridized carbons (Fsp3) is 0.0811. The summed E-state index contributed by atoms with van der Waals surface area (Å²) < 4.78 is 10.6. The summed E-state index contributed by atoms with van der Waals surface area (Å²) in [6.07, 6.45) is 1.16. The van der Waals surface area contributed by atoms with Crippen LogP contribution in [0.3, 0.4) is 0 Å². The third-order valence-electron chi connectivity index (χ3n) is 7.40. The summed E-state index contributed by atoms with van der Waals surface area (Å²) in [6.45, 7) is 9.08. The van der Waals surface area contributed by atoms with Crippen LogP contribution in [0.15, 0.2) is 128 Å². The minimum Gasteiger partial charge on any atom is -0.458 e. The Morgan fingerprint density at radius 2 is 1.21 bits per heavy atom. The lowest BCUT2D eigenvalue weighted by molar-refractivity contribution is -0.140. The van der Waals surface area contributed by atoms with Gasteiger partial charge in [0.25, 0.3) is 0 Å². The van der Waals surface area contributed by atoms with Gasteiger partial charge in [0.2, 0.25) is 0 Å². The number of nitrogens with zero attached hydrogens (tertiary/aromatic N) is 1. The molecule has 206 valence electrons. The average Bonchev–Trinajstić information content (AvgIpc) is 3.03. The van der Waals surface area contributed by atoms with E-state index in [9.17, 15) is 9.59 Å². The average molecular weight is 552 g/mol. The van der Waals surface area contributed by atoms with Crippen molar-refractivity contribution in [2.24, 2.45) is 0 Å². The van der Waals surface area contributed by atoms with E-state index in [-0.39, 0.29) is 13.2 Å². The van der Waals surface area contributed by atoms with Crippen molar-refractivity contribution in [3.8, 4) is 0 Å². The second kappa shape index (κ2) is 11.2. The van der Waals surface area contributed by atoms with Gasteiger partial charge in [0, 0.05) is 28.4 Å². The molecule has 6 aromatic carbocycles. The highest BCUT2D eigenvalue weighted by Gasteiger charge is 2.18. The van der Waals surface area contributed by atoms with Gasteiger partial charge in [-0.15, -0.1) is 0 Å². The summed E-state index contributed by atoms with van der Waals surface area (Å²) in [4.78, 5) is 25.7. The van der Waals surface area contributed by atoms with Gasteiger partial charge in [0.15, 0.2) is 0 Å². The molecule has 5 heteroatoms. The second-order valence-electron chi connectivity index (χ2n) is 10.3. The fourth-order valence-electron chi connectivity index (χ4n) is 5.31. The summed E-state index contributed by atoms with van der Waals surface area (Å²) in [5, 5.41) is 7.22. The van der Waals surface area contributed by atoms with E-state index in [0.29, 0.717) is 5.57 Å². The lowest BCUT2D eigenvalue weighted by Gasteiger charge is -2.28. The third-order valence-corrected chi connectivity index (χ3v) is 7.40. The molecule has 0 saturated heterocycles. The van der Waals surface area contributed by atoms with Gasteiger partial charge in [-0.3, -0.25) is 0 Å². The zero-order valence-electron chi connectivity index (χ0n) is 23.3. The normalized spacial score (nSPS) is 11.1. The monoisotopic (exact) mass is 551 g/mol. The Kier molecular flexibility index (Phi) is 7.16. The molecule has 42 heavy (non-hydrogen) atoms. The van der Waals surface area contributed by atoms with E-state index >= 15 is 0 Å². The number of hydrogen-bond donors (Lipinski definition) is 0. The summed E-state index contributed by atoms with van der Waals surface area (Å²) >= 11 is 0. The third kappa shape index (κ3) is 5.08. The summed E-state index contributed by atoms with van der Waals surface area (Å²) in [6, 6.07) is 35.4. The Labute approximate surface area is 244 Å². The minimum absolute atomic E-state index is 0.168. The van der Waals surface area contributed by atoms with Crippen molar-refractivity contribution in [3.05, 3.63) is 139 Å². The first kappa shape index (κ1) is 26.8. The number of ether oxygens (including phenoxy) is 2. The van der Waals surface area contributed by atoms with Gasteiger partial charge < -0.3 is 14.4 Å². The van der Waals surface area contributed by atoms with Crippen LogP contribution in [0.5, 0.6) is 0 Å². The van der Waals surface area contributed by atoms with Gasteiger partial charge in [-0.25, -0.2) is 9.59 Å². The first-order chi connectivity index (χ1) is 20.4. The molecule has 0 N–H and O–H groups in total. The molecule has 5 nitrogen and oxygen atoms in total. The molecule has 0 aliphatic carbocycles. The lowest BCUT2D eigenvalue weighted by Crippen LogP contribution is -2.11. The smallest absolute Gasteiger partial charge is 0.333 e. The highest BCUT2D eigenvalue weighted by molar-refractivity contribution is 6.25. The Bertz CT molecular complexity index is 1940. The molecule has 0 heterocycles. The van der Waals surface area contributed by atoms with E-state index in [1.165, 1.54) is 26.9 Å². The molecule has 0 aliphatic rings. The molecule has 0 aliphatic heterocycles. The zero-order chi connectivity index (χ0) is 29.2. The first-order valence-corrected chi connectivity index (χ1v) is 13.7. The van der Waals surface area contributed by atoms with Crippen molar-refractivity contribution < 1.29 is 19.1 Å². The molecule has 6 rings (SSSR count). The molecular weight excluding hydrogens is 522 g/mol. The van der Waals surface area contributed by atoms with E-state index in [2.05, 4.69) is 72.7 Å². The topological polar surface area (TPSA) is 55.8 Å². The van der Waals surface area contributed by atoms with Crippen molar-refractivity contribution in [1.82, 2.24) is 0 Å². The molecular formula is C37H29NO4. The van der Waals surface area contributed by atoms with Crippen LogP contribution in [0.4, 0.5) is 17.1 Å². The highest BCUT2D eigenvalue weighted by atomic mass is 16.5. The number of rotatable bonds is 9. The van der Waals surface area contributed by atoms with Crippen LogP contribution < -0.4 is 4.90 Å². The molecule has 0 atom stereocenters. The Morgan fingerprint density at radius 1 is 0.690 bits per heavy atom.